The second-order valence-corrected chi connectivity index (χ2v) is 5.14. The van der Waals surface area contributed by atoms with Gasteiger partial charge >= 0.3 is 0 Å². The zero-order valence-corrected chi connectivity index (χ0v) is 11.9. The molecule has 0 radical (unpaired) electrons. The van der Waals surface area contributed by atoms with Crippen molar-refractivity contribution in [3.63, 3.8) is 0 Å². The molecule has 1 aromatic carbocycles. The maximum atomic E-state index is 12.6. The molecule has 1 heterocycles. The van der Waals surface area contributed by atoms with E-state index in [9.17, 15) is 8.78 Å². The summed E-state index contributed by atoms with van der Waals surface area (Å²) in [6.07, 6.45) is -0.706. The van der Waals surface area contributed by atoms with Crippen LogP contribution in [0.25, 0.3) is 0 Å². The number of hydrogen-bond acceptors (Lipinski definition) is 4. The van der Waals surface area contributed by atoms with Gasteiger partial charge in [-0.1, -0.05) is 24.3 Å². The Kier molecular flexibility index (Phi) is 5.58. The summed E-state index contributed by atoms with van der Waals surface area (Å²) in [5, 5.41) is 6.13. The van der Waals surface area contributed by atoms with Gasteiger partial charge in [-0.3, -0.25) is 0 Å². The molecule has 108 valence electrons. The Morgan fingerprint density at radius 1 is 1.25 bits per heavy atom. The van der Waals surface area contributed by atoms with E-state index in [-0.39, 0.29) is 11.6 Å². The second-order valence-electron chi connectivity index (χ2n) is 4.22. The van der Waals surface area contributed by atoms with Crippen LogP contribution in [0.15, 0.2) is 35.8 Å². The summed E-state index contributed by atoms with van der Waals surface area (Å²) in [5.74, 6) is 0. The molecule has 6 heteroatoms. The van der Waals surface area contributed by atoms with Crippen molar-refractivity contribution in [3.8, 4) is 0 Å². The van der Waals surface area contributed by atoms with Crippen molar-refractivity contribution in [3.05, 3.63) is 52.0 Å². The van der Waals surface area contributed by atoms with Crippen molar-refractivity contribution < 1.29 is 13.5 Å². The van der Waals surface area contributed by atoms with E-state index in [2.05, 4.69) is 10.3 Å². The van der Waals surface area contributed by atoms with Crippen molar-refractivity contribution in [1.82, 2.24) is 10.3 Å². The Balaban J connectivity index is 2.17. The molecule has 0 aliphatic heterocycles. The summed E-state index contributed by atoms with van der Waals surface area (Å²) >= 11 is 1.53. The number of thiazole rings is 1. The molecule has 2 rings (SSSR count). The summed E-state index contributed by atoms with van der Waals surface area (Å²) in [6.45, 7) is 1.24. The summed E-state index contributed by atoms with van der Waals surface area (Å²) < 4.78 is 30.2. The van der Waals surface area contributed by atoms with Crippen LogP contribution >= 0.6 is 11.3 Å². The molecule has 0 saturated carbocycles. The Morgan fingerprint density at radius 3 is 2.50 bits per heavy atom. The molecule has 0 bridgehead atoms. The molecule has 0 fully saturated rings. The van der Waals surface area contributed by atoms with E-state index >= 15 is 0 Å². The average Bonchev–Trinajstić information content (AvgIpc) is 2.98. The molecule has 0 aliphatic rings. The minimum atomic E-state index is -2.44. The smallest absolute Gasteiger partial charge is 0.263 e. The first-order valence-electron chi connectivity index (χ1n) is 6.22. The highest BCUT2D eigenvalue weighted by molar-refractivity contribution is 7.09. The highest BCUT2D eigenvalue weighted by Gasteiger charge is 2.16. The third-order valence-corrected chi connectivity index (χ3v) is 3.72. The zero-order valence-electron chi connectivity index (χ0n) is 11.1. The average molecular weight is 298 g/mol. The molecule has 0 amide bonds. The fourth-order valence-electron chi connectivity index (χ4n) is 1.86. The number of nitrogens with one attached hydrogen (secondary N) is 1. The van der Waals surface area contributed by atoms with Crippen LogP contribution in [-0.2, 0) is 4.74 Å². The number of hydrogen-bond donors (Lipinski definition) is 1. The molecule has 1 aromatic heterocycles. The van der Waals surface area contributed by atoms with Crippen LogP contribution in [0.1, 0.15) is 28.6 Å². The van der Waals surface area contributed by atoms with Crippen LogP contribution in [-0.4, -0.2) is 25.2 Å². The number of rotatable bonds is 7. The predicted octanol–water partition coefficient (Wildman–Crippen LogP) is 3.41. The first-order chi connectivity index (χ1) is 9.72. The number of nitrogens with zero attached hydrogens (tertiary/aromatic N) is 1. The van der Waals surface area contributed by atoms with Gasteiger partial charge in [-0.05, 0) is 5.56 Å². The lowest BCUT2D eigenvalue weighted by Crippen LogP contribution is -2.25. The van der Waals surface area contributed by atoms with Crippen LogP contribution in [0.5, 0.6) is 0 Å². The number of alkyl halides is 2. The first kappa shape index (κ1) is 15.0. The van der Waals surface area contributed by atoms with E-state index < -0.39 is 6.43 Å². The molecule has 0 aliphatic carbocycles. The molecular weight excluding hydrogens is 282 g/mol. The molecule has 0 saturated heterocycles. The largest absolute Gasteiger partial charge is 0.383 e. The van der Waals surface area contributed by atoms with Gasteiger partial charge in [0.1, 0.15) is 5.01 Å². The van der Waals surface area contributed by atoms with Gasteiger partial charge in [0.05, 0.1) is 12.6 Å². The number of ether oxygens (including phenoxy) is 1. The van der Waals surface area contributed by atoms with Gasteiger partial charge in [-0.15, -0.1) is 11.3 Å². The van der Waals surface area contributed by atoms with Crippen LogP contribution in [0.4, 0.5) is 8.78 Å². The molecule has 3 nitrogen and oxygen atoms in total. The van der Waals surface area contributed by atoms with Crippen LogP contribution in [0.2, 0.25) is 0 Å². The number of halogens is 2. The minimum absolute atomic E-state index is 0.0310. The monoisotopic (exact) mass is 298 g/mol. The number of aromatic nitrogens is 1. The van der Waals surface area contributed by atoms with Gasteiger partial charge in [0.25, 0.3) is 6.43 Å². The van der Waals surface area contributed by atoms with Crippen molar-refractivity contribution in [1.29, 1.82) is 0 Å². The summed E-state index contributed by atoms with van der Waals surface area (Å²) in [7, 11) is 1.64. The molecule has 1 N–H and O–H groups in total. The molecular formula is C14H16F2N2OS. The maximum absolute atomic E-state index is 12.6. The number of methoxy groups -OCH3 is 1. The maximum Gasteiger partial charge on any atom is 0.263 e. The van der Waals surface area contributed by atoms with Crippen molar-refractivity contribution in [2.75, 3.05) is 20.3 Å². The van der Waals surface area contributed by atoms with Crippen LogP contribution < -0.4 is 5.32 Å². The lowest BCUT2D eigenvalue weighted by molar-refractivity contribution is 0.151. The second kappa shape index (κ2) is 7.42. The van der Waals surface area contributed by atoms with Gasteiger partial charge < -0.3 is 10.1 Å². The molecule has 20 heavy (non-hydrogen) atoms. The highest BCUT2D eigenvalue weighted by atomic mass is 32.1. The molecule has 0 spiro atoms. The van der Waals surface area contributed by atoms with Crippen molar-refractivity contribution >= 4 is 11.3 Å². The third-order valence-electron chi connectivity index (χ3n) is 2.87. The SMILES string of the molecule is COCCNC(c1ccc(C(F)F)cc1)c1nccs1. The third kappa shape index (κ3) is 3.82. The lowest BCUT2D eigenvalue weighted by Gasteiger charge is -2.17. The summed E-state index contributed by atoms with van der Waals surface area (Å²) in [4.78, 5) is 4.30. The van der Waals surface area contributed by atoms with Gasteiger partial charge in [0.2, 0.25) is 0 Å². The summed E-state index contributed by atoms with van der Waals surface area (Å²) in [6, 6.07) is 6.25. The van der Waals surface area contributed by atoms with E-state index in [1.165, 1.54) is 23.5 Å². The Labute approximate surface area is 120 Å². The van der Waals surface area contributed by atoms with E-state index in [1.807, 2.05) is 5.38 Å². The van der Waals surface area contributed by atoms with E-state index in [1.54, 1.807) is 25.4 Å². The Hall–Kier alpha value is -1.37. The predicted molar refractivity (Wildman–Crippen MR) is 75.2 cm³/mol. The number of benzene rings is 1. The standard InChI is InChI=1S/C14H16F2N2OS/c1-19-8-6-17-12(14-18-7-9-20-14)10-2-4-11(5-3-10)13(15)16/h2-5,7,9,12-13,17H,6,8H2,1H3. The van der Waals surface area contributed by atoms with E-state index in [0.717, 1.165) is 10.6 Å². The van der Waals surface area contributed by atoms with Crippen LogP contribution in [0, 0.1) is 0 Å². The quantitative estimate of drug-likeness (QED) is 0.795. The van der Waals surface area contributed by atoms with E-state index in [4.69, 9.17) is 4.74 Å². The van der Waals surface area contributed by atoms with Gasteiger partial charge in [0, 0.05) is 30.8 Å². The molecule has 2 aromatic rings. The van der Waals surface area contributed by atoms with Gasteiger partial charge in [-0.2, -0.15) is 0 Å². The normalized spacial score (nSPS) is 12.8. The zero-order chi connectivity index (χ0) is 14.4. The topological polar surface area (TPSA) is 34.1 Å². The van der Waals surface area contributed by atoms with Gasteiger partial charge in [-0.25, -0.2) is 13.8 Å². The fourth-order valence-corrected chi connectivity index (χ4v) is 2.60. The highest BCUT2D eigenvalue weighted by Crippen LogP contribution is 2.26. The van der Waals surface area contributed by atoms with E-state index in [0.29, 0.717) is 13.2 Å². The Morgan fingerprint density at radius 2 is 1.95 bits per heavy atom. The minimum Gasteiger partial charge on any atom is -0.383 e. The van der Waals surface area contributed by atoms with Gasteiger partial charge in [0.15, 0.2) is 0 Å². The molecule has 1 unspecified atom stereocenters. The van der Waals surface area contributed by atoms with Crippen molar-refractivity contribution in [2.24, 2.45) is 0 Å². The Bertz CT molecular complexity index is 502. The van der Waals surface area contributed by atoms with Crippen LogP contribution in [0.3, 0.4) is 0 Å². The van der Waals surface area contributed by atoms with Crippen molar-refractivity contribution in [2.45, 2.75) is 12.5 Å². The fraction of sp³-hybridized carbons (Fsp3) is 0.357. The molecule has 1 atom stereocenters. The first-order valence-corrected chi connectivity index (χ1v) is 7.10. The lowest BCUT2D eigenvalue weighted by atomic mass is 10.1. The summed E-state index contributed by atoms with van der Waals surface area (Å²) in [5.41, 5.74) is 0.948.